The van der Waals surface area contributed by atoms with Gasteiger partial charge in [0.1, 0.15) is 0 Å². The summed E-state index contributed by atoms with van der Waals surface area (Å²) in [5, 5.41) is 0. The van der Waals surface area contributed by atoms with Crippen molar-refractivity contribution in [3.05, 3.63) is 12.2 Å². The normalized spacial score (nSPS) is 27.2. The Morgan fingerprint density at radius 1 is 1.44 bits per heavy atom. The first kappa shape index (κ1) is 6.81. The fourth-order valence-corrected chi connectivity index (χ4v) is 1.01. The quantitative estimate of drug-likeness (QED) is 0.488. The highest BCUT2D eigenvalue weighted by molar-refractivity contribution is 4.89. The van der Waals surface area contributed by atoms with Crippen LogP contribution in [0.4, 0.5) is 0 Å². The van der Waals surface area contributed by atoms with Crippen LogP contribution in [0.3, 0.4) is 0 Å². The maximum absolute atomic E-state index is 5.45. The van der Waals surface area contributed by atoms with Gasteiger partial charge in [-0.1, -0.05) is 26.0 Å². The van der Waals surface area contributed by atoms with Gasteiger partial charge in [0.05, 0.1) is 12.7 Å². The lowest BCUT2D eigenvalue weighted by atomic mass is 10.0. The smallest absolute Gasteiger partial charge is 0.0651 e. The fraction of sp³-hybridized carbons (Fsp3) is 0.750. The number of rotatable bonds is 1. The van der Waals surface area contributed by atoms with Gasteiger partial charge in [0.25, 0.3) is 0 Å². The molecular formula is C8H14O. The van der Waals surface area contributed by atoms with Crippen LogP contribution < -0.4 is 0 Å². The van der Waals surface area contributed by atoms with E-state index in [1.165, 1.54) is 0 Å². The second-order valence-electron chi connectivity index (χ2n) is 2.82. The van der Waals surface area contributed by atoms with Gasteiger partial charge in [-0.25, -0.2) is 0 Å². The summed E-state index contributed by atoms with van der Waals surface area (Å²) in [6.07, 6.45) is 5.85. The zero-order valence-electron chi connectivity index (χ0n) is 6.13. The third kappa shape index (κ3) is 1.83. The molecule has 0 bridgehead atoms. The maximum Gasteiger partial charge on any atom is 0.0651 e. The number of ether oxygens (including phenoxy) is 1. The highest BCUT2D eigenvalue weighted by atomic mass is 16.5. The molecule has 0 aromatic carbocycles. The molecule has 1 atom stereocenters. The predicted molar refractivity (Wildman–Crippen MR) is 38.3 cm³/mol. The van der Waals surface area contributed by atoms with Crippen LogP contribution in [0.25, 0.3) is 0 Å². The van der Waals surface area contributed by atoms with Crippen LogP contribution in [0.2, 0.25) is 0 Å². The van der Waals surface area contributed by atoms with Crippen molar-refractivity contribution in [3.8, 4) is 0 Å². The predicted octanol–water partition coefficient (Wildman–Crippen LogP) is 1.99. The van der Waals surface area contributed by atoms with E-state index < -0.39 is 0 Å². The second-order valence-corrected chi connectivity index (χ2v) is 2.82. The molecule has 1 aliphatic rings. The van der Waals surface area contributed by atoms with E-state index in [1.807, 2.05) is 0 Å². The van der Waals surface area contributed by atoms with Gasteiger partial charge in [-0.2, -0.15) is 0 Å². The lowest BCUT2D eigenvalue weighted by Crippen LogP contribution is -2.21. The molecule has 0 aliphatic carbocycles. The Labute approximate surface area is 56.7 Å². The van der Waals surface area contributed by atoms with Crippen LogP contribution in [0.1, 0.15) is 20.3 Å². The summed E-state index contributed by atoms with van der Waals surface area (Å²) < 4.78 is 5.45. The highest BCUT2D eigenvalue weighted by Crippen LogP contribution is 2.14. The van der Waals surface area contributed by atoms with E-state index in [9.17, 15) is 0 Å². The van der Waals surface area contributed by atoms with Crippen molar-refractivity contribution in [2.45, 2.75) is 26.4 Å². The van der Waals surface area contributed by atoms with Crippen molar-refractivity contribution in [3.63, 3.8) is 0 Å². The molecule has 0 amide bonds. The van der Waals surface area contributed by atoms with E-state index in [0.29, 0.717) is 12.0 Å². The van der Waals surface area contributed by atoms with Gasteiger partial charge in [-0.05, 0) is 12.3 Å². The van der Waals surface area contributed by atoms with Crippen LogP contribution in [0, 0.1) is 5.92 Å². The molecule has 0 saturated carbocycles. The van der Waals surface area contributed by atoms with Crippen molar-refractivity contribution in [2.75, 3.05) is 6.61 Å². The molecule has 1 rings (SSSR count). The monoisotopic (exact) mass is 126 g/mol. The molecule has 1 nitrogen and oxygen atoms in total. The van der Waals surface area contributed by atoms with Crippen LogP contribution in [-0.4, -0.2) is 12.7 Å². The maximum atomic E-state index is 5.45. The first-order valence-electron chi connectivity index (χ1n) is 3.57. The molecule has 52 valence electrons. The molecule has 0 aromatic heterocycles. The standard InChI is InChI=1S/C8H14O/c1-7(2)8-5-3-4-6-9-8/h3-4,7-8H,5-6H2,1-2H3. The summed E-state index contributed by atoms with van der Waals surface area (Å²) >= 11 is 0. The average Bonchev–Trinajstić information content (AvgIpc) is 1.90. The molecule has 0 N–H and O–H groups in total. The second kappa shape index (κ2) is 3.02. The summed E-state index contributed by atoms with van der Waals surface area (Å²) in [6.45, 7) is 5.20. The fourth-order valence-electron chi connectivity index (χ4n) is 1.01. The zero-order valence-corrected chi connectivity index (χ0v) is 6.13. The minimum Gasteiger partial charge on any atom is -0.374 e. The van der Waals surface area contributed by atoms with E-state index in [0.717, 1.165) is 13.0 Å². The van der Waals surface area contributed by atoms with Crippen LogP contribution in [-0.2, 0) is 4.74 Å². The molecule has 1 unspecified atom stereocenters. The molecule has 1 heteroatoms. The van der Waals surface area contributed by atoms with Gasteiger partial charge < -0.3 is 4.74 Å². The molecule has 0 radical (unpaired) electrons. The van der Waals surface area contributed by atoms with E-state index in [-0.39, 0.29) is 0 Å². The third-order valence-electron chi connectivity index (χ3n) is 1.69. The summed E-state index contributed by atoms with van der Waals surface area (Å²) in [6, 6.07) is 0. The summed E-state index contributed by atoms with van der Waals surface area (Å²) in [7, 11) is 0. The zero-order chi connectivity index (χ0) is 6.69. The molecule has 0 aromatic rings. The molecule has 1 aliphatic heterocycles. The molecule has 1 heterocycles. The van der Waals surface area contributed by atoms with E-state index in [2.05, 4.69) is 26.0 Å². The van der Waals surface area contributed by atoms with Gasteiger partial charge >= 0.3 is 0 Å². The minimum absolute atomic E-state index is 0.468. The van der Waals surface area contributed by atoms with Crippen molar-refractivity contribution >= 4 is 0 Å². The summed E-state index contributed by atoms with van der Waals surface area (Å²) in [5.74, 6) is 0.662. The molecule has 0 fully saturated rings. The van der Waals surface area contributed by atoms with Crippen molar-refractivity contribution in [1.29, 1.82) is 0 Å². The lowest BCUT2D eigenvalue weighted by Gasteiger charge is -2.21. The van der Waals surface area contributed by atoms with Gasteiger partial charge in [0.2, 0.25) is 0 Å². The van der Waals surface area contributed by atoms with Crippen molar-refractivity contribution < 1.29 is 4.74 Å². The van der Waals surface area contributed by atoms with Crippen LogP contribution in [0.15, 0.2) is 12.2 Å². The molecule has 0 saturated heterocycles. The summed E-state index contributed by atoms with van der Waals surface area (Å²) in [4.78, 5) is 0. The van der Waals surface area contributed by atoms with Crippen molar-refractivity contribution in [2.24, 2.45) is 5.92 Å². The Kier molecular flexibility index (Phi) is 2.29. The SMILES string of the molecule is CC(C)C1CC=CCO1. The van der Waals surface area contributed by atoms with E-state index >= 15 is 0 Å². The number of hydrogen-bond donors (Lipinski definition) is 0. The first-order valence-corrected chi connectivity index (χ1v) is 3.57. The minimum atomic E-state index is 0.468. The Morgan fingerprint density at radius 3 is 2.56 bits per heavy atom. The van der Waals surface area contributed by atoms with Gasteiger partial charge in [0, 0.05) is 0 Å². The number of hydrogen-bond acceptors (Lipinski definition) is 1. The average molecular weight is 126 g/mol. The Bertz CT molecular complexity index is 105. The Morgan fingerprint density at radius 2 is 2.22 bits per heavy atom. The van der Waals surface area contributed by atoms with Gasteiger partial charge in [-0.15, -0.1) is 0 Å². The van der Waals surface area contributed by atoms with Gasteiger partial charge in [-0.3, -0.25) is 0 Å². The molecule has 0 spiro atoms. The van der Waals surface area contributed by atoms with Crippen LogP contribution >= 0.6 is 0 Å². The molecule has 9 heavy (non-hydrogen) atoms. The highest BCUT2D eigenvalue weighted by Gasteiger charge is 2.13. The molecular weight excluding hydrogens is 112 g/mol. The summed E-state index contributed by atoms with van der Waals surface area (Å²) in [5.41, 5.74) is 0. The largest absolute Gasteiger partial charge is 0.374 e. The third-order valence-corrected chi connectivity index (χ3v) is 1.69. The first-order chi connectivity index (χ1) is 4.30. The topological polar surface area (TPSA) is 9.23 Å². The van der Waals surface area contributed by atoms with Crippen LogP contribution in [0.5, 0.6) is 0 Å². The van der Waals surface area contributed by atoms with Crippen molar-refractivity contribution in [1.82, 2.24) is 0 Å². The van der Waals surface area contributed by atoms with E-state index in [4.69, 9.17) is 4.74 Å². The van der Waals surface area contributed by atoms with E-state index in [1.54, 1.807) is 0 Å². The Balaban J connectivity index is 2.35. The lowest BCUT2D eigenvalue weighted by molar-refractivity contribution is 0.0350. The van der Waals surface area contributed by atoms with Gasteiger partial charge in [0.15, 0.2) is 0 Å². The Hall–Kier alpha value is -0.300.